The zero-order valence-electron chi connectivity index (χ0n) is 13.4. The van der Waals surface area contributed by atoms with Gasteiger partial charge in [0, 0.05) is 11.1 Å². The highest BCUT2D eigenvalue weighted by Gasteiger charge is 2.20. The van der Waals surface area contributed by atoms with E-state index in [9.17, 15) is 15.2 Å². The van der Waals surface area contributed by atoms with Crippen LogP contribution in [0, 0.1) is 11.3 Å². The number of carbonyl (C=O) groups is 1. The molecule has 1 aromatic heterocycles. The van der Waals surface area contributed by atoms with Crippen molar-refractivity contribution in [2.45, 2.75) is 6.92 Å². The Morgan fingerprint density at radius 1 is 1.24 bits per heavy atom. The predicted molar refractivity (Wildman–Crippen MR) is 95.8 cm³/mol. The minimum Gasteiger partial charge on any atom is -0.492 e. The van der Waals surface area contributed by atoms with Gasteiger partial charge in [0.15, 0.2) is 0 Å². The molecule has 25 heavy (non-hydrogen) atoms. The molecule has 0 radical (unpaired) electrons. The van der Waals surface area contributed by atoms with Crippen molar-refractivity contribution in [1.82, 2.24) is 4.98 Å². The highest BCUT2D eigenvalue weighted by atomic mass is 32.1. The summed E-state index contributed by atoms with van der Waals surface area (Å²) in [6, 6.07) is 16.5. The van der Waals surface area contributed by atoms with Gasteiger partial charge in [-0.1, -0.05) is 30.3 Å². The second kappa shape index (κ2) is 7.16. The molecule has 0 saturated carbocycles. The van der Waals surface area contributed by atoms with E-state index < -0.39 is 5.97 Å². The lowest BCUT2D eigenvalue weighted by Gasteiger charge is -2.06. The molecule has 0 atom stereocenters. The van der Waals surface area contributed by atoms with Gasteiger partial charge in [0.05, 0.1) is 17.9 Å². The van der Waals surface area contributed by atoms with Crippen molar-refractivity contribution in [3.05, 3.63) is 59.0 Å². The molecular weight excluding hydrogens is 336 g/mol. The molecule has 124 valence electrons. The summed E-state index contributed by atoms with van der Waals surface area (Å²) >= 11 is 1.09. The Morgan fingerprint density at radius 3 is 2.64 bits per heavy atom. The number of nitrogens with zero attached hydrogens (tertiary/aromatic N) is 2. The number of nitriles is 1. The van der Waals surface area contributed by atoms with Crippen LogP contribution in [0.4, 0.5) is 0 Å². The highest BCUT2D eigenvalue weighted by Crippen LogP contribution is 2.35. The smallest absolute Gasteiger partial charge is 0.348 e. The summed E-state index contributed by atoms with van der Waals surface area (Å²) in [6.45, 7) is 2.31. The Morgan fingerprint density at radius 2 is 2.00 bits per heavy atom. The molecular formula is C19H14N2O3S. The number of ether oxygens (including phenoxy) is 1. The van der Waals surface area contributed by atoms with Crippen LogP contribution in [0.25, 0.3) is 21.8 Å². The topological polar surface area (TPSA) is 83.2 Å². The number of aromatic carboxylic acids is 1. The van der Waals surface area contributed by atoms with Crippen LogP contribution in [0.5, 0.6) is 5.75 Å². The second-order valence-electron chi connectivity index (χ2n) is 5.12. The third-order valence-corrected chi connectivity index (χ3v) is 4.61. The molecule has 0 saturated heterocycles. The van der Waals surface area contributed by atoms with Gasteiger partial charge in [0.1, 0.15) is 21.7 Å². The Labute approximate surface area is 148 Å². The molecule has 1 heterocycles. The summed E-state index contributed by atoms with van der Waals surface area (Å²) in [7, 11) is 0. The summed E-state index contributed by atoms with van der Waals surface area (Å²) in [6.07, 6.45) is 0. The van der Waals surface area contributed by atoms with E-state index in [0.717, 1.165) is 16.9 Å². The average molecular weight is 350 g/mol. The fraction of sp³-hybridized carbons (Fsp3) is 0.105. The van der Waals surface area contributed by atoms with Crippen LogP contribution >= 0.6 is 11.3 Å². The summed E-state index contributed by atoms with van der Waals surface area (Å²) in [5, 5.41) is 19.4. The molecule has 2 aromatic carbocycles. The van der Waals surface area contributed by atoms with Gasteiger partial charge in [-0.15, -0.1) is 11.3 Å². The first-order valence-electron chi connectivity index (χ1n) is 7.61. The number of carboxylic acids is 1. The van der Waals surface area contributed by atoms with Crippen LogP contribution in [0.3, 0.4) is 0 Å². The van der Waals surface area contributed by atoms with Crippen molar-refractivity contribution >= 4 is 17.3 Å². The molecule has 0 bridgehead atoms. The minimum absolute atomic E-state index is 0.175. The van der Waals surface area contributed by atoms with Crippen LogP contribution in [0.2, 0.25) is 0 Å². The molecule has 0 unspecified atom stereocenters. The van der Waals surface area contributed by atoms with Crippen molar-refractivity contribution in [3.63, 3.8) is 0 Å². The molecule has 0 amide bonds. The molecule has 0 aliphatic carbocycles. The number of benzene rings is 2. The molecule has 3 rings (SSSR count). The van der Waals surface area contributed by atoms with Crippen molar-refractivity contribution in [1.29, 1.82) is 5.26 Å². The van der Waals surface area contributed by atoms with Crippen molar-refractivity contribution in [2.24, 2.45) is 0 Å². The van der Waals surface area contributed by atoms with Crippen molar-refractivity contribution in [2.75, 3.05) is 6.61 Å². The lowest BCUT2D eigenvalue weighted by molar-refractivity contribution is 0.0702. The maximum Gasteiger partial charge on any atom is 0.348 e. The maximum atomic E-state index is 11.6. The fourth-order valence-electron chi connectivity index (χ4n) is 2.41. The Hall–Kier alpha value is -3.17. The first kappa shape index (κ1) is 16.7. The minimum atomic E-state index is -1.02. The number of rotatable bonds is 5. The van der Waals surface area contributed by atoms with E-state index >= 15 is 0 Å². The summed E-state index contributed by atoms with van der Waals surface area (Å²) in [5.74, 6) is -0.513. The van der Waals surface area contributed by atoms with E-state index in [-0.39, 0.29) is 4.88 Å². The van der Waals surface area contributed by atoms with Gasteiger partial charge in [-0.2, -0.15) is 5.26 Å². The lowest BCUT2D eigenvalue weighted by Crippen LogP contribution is -1.95. The van der Waals surface area contributed by atoms with E-state index in [1.54, 1.807) is 18.2 Å². The van der Waals surface area contributed by atoms with E-state index in [1.165, 1.54) is 0 Å². The number of thiazole rings is 1. The SMILES string of the molecule is CCOc1ccc(-c2nc(-c3ccccc3)c(C(=O)O)s2)cc1C#N. The van der Waals surface area contributed by atoms with Gasteiger partial charge in [-0.05, 0) is 25.1 Å². The monoisotopic (exact) mass is 350 g/mol. The Balaban J connectivity index is 2.10. The zero-order valence-corrected chi connectivity index (χ0v) is 14.2. The average Bonchev–Trinajstić information content (AvgIpc) is 3.09. The van der Waals surface area contributed by atoms with Gasteiger partial charge >= 0.3 is 5.97 Å². The summed E-state index contributed by atoms with van der Waals surface area (Å²) in [5.41, 5.74) is 2.26. The van der Waals surface area contributed by atoms with Gasteiger partial charge < -0.3 is 9.84 Å². The first-order valence-corrected chi connectivity index (χ1v) is 8.42. The van der Waals surface area contributed by atoms with Crippen molar-refractivity contribution in [3.8, 4) is 33.6 Å². The second-order valence-corrected chi connectivity index (χ2v) is 6.12. The largest absolute Gasteiger partial charge is 0.492 e. The van der Waals surface area contributed by atoms with Gasteiger partial charge in [-0.25, -0.2) is 9.78 Å². The number of aromatic nitrogens is 1. The molecule has 0 aliphatic heterocycles. The third-order valence-electron chi connectivity index (χ3n) is 3.52. The Bertz CT molecular complexity index is 959. The maximum absolute atomic E-state index is 11.6. The van der Waals surface area contributed by atoms with Gasteiger partial charge in [0.2, 0.25) is 0 Å². The first-order chi connectivity index (χ1) is 12.1. The predicted octanol–water partition coefficient (Wildman–Crippen LogP) is 4.45. The standard InChI is InChI=1S/C19H14N2O3S/c1-2-24-15-9-8-13(10-14(15)11-20)18-21-16(17(25-18)19(22)23)12-6-4-3-5-7-12/h3-10H,2H2,1H3,(H,22,23). The van der Waals surface area contributed by atoms with Crippen LogP contribution in [0.15, 0.2) is 48.5 Å². The van der Waals surface area contributed by atoms with Crippen LogP contribution in [-0.2, 0) is 0 Å². The quantitative estimate of drug-likeness (QED) is 0.735. The zero-order chi connectivity index (χ0) is 17.8. The Kier molecular flexibility index (Phi) is 4.78. The number of hydrogen-bond acceptors (Lipinski definition) is 5. The third kappa shape index (κ3) is 3.37. The molecule has 0 spiro atoms. The van der Waals surface area contributed by atoms with E-state index in [0.29, 0.717) is 34.2 Å². The highest BCUT2D eigenvalue weighted by molar-refractivity contribution is 7.17. The molecule has 1 N–H and O–H groups in total. The van der Waals surface area contributed by atoms with Gasteiger partial charge in [-0.3, -0.25) is 0 Å². The van der Waals surface area contributed by atoms with E-state index in [2.05, 4.69) is 11.1 Å². The fourth-order valence-corrected chi connectivity index (χ4v) is 3.33. The molecule has 0 fully saturated rings. The van der Waals surface area contributed by atoms with E-state index in [4.69, 9.17) is 4.74 Å². The summed E-state index contributed by atoms with van der Waals surface area (Å²) < 4.78 is 5.42. The van der Waals surface area contributed by atoms with Crippen LogP contribution in [0.1, 0.15) is 22.2 Å². The number of hydrogen-bond donors (Lipinski definition) is 1. The number of carboxylic acid groups (broad SMARTS) is 1. The van der Waals surface area contributed by atoms with Crippen LogP contribution in [-0.4, -0.2) is 22.7 Å². The van der Waals surface area contributed by atoms with Crippen LogP contribution < -0.4 is 4.74 Å². The van der Waals surface area contributed by atoms with Crippen molar-refractivity contribution < 1.29 is 14.6 Å². The summed E-state index contributed by atoms with van der Waals surface area (Å²) in [4.78, 5) is 16.3. The molecule has 5 nitrogen and oxygen atoms in total. The molecule has 6 heteroatoms. The molecule has 3 aromatic rings. The van der Waals surface area contributed by atoms with Gasteiger partial charge in [0.25, 0.3) is 0 Å². The molecule has 0 aliphatic rings. The van der Waals surface area contributed by atoms with E-state index in [1.807, 2.05) is 37.3 Å². The lowest BCUT2D eigenvalue weighted by atomic mass is 10.1. The normalized spacial score (nSPS) is 10.2.